The number of hydrogen-bond donors (Lipinski definition) is 3. The zero-order valence-corrected chi connectivity index (χ0v) is 21.3. The number of benzene rings is 1. The Morgan fingerprint density at radius 2 is 2.00 bits per heavy atom. The van der Waals surface area contributed by atoms with Crippen LogP contribution in [0.25, 0.3) is 0 Å². The normalized spacial score (nSPS) is 18.1. The number of aliphatic imine (C=N–C) groups is 1. The predicted octanol–water partition coefficient (Wildman–Crippen LogP) is 2.75. The average Bonchev–Trinajstić information content (AvgIpc) is 2.71. The highest BCUT2D eigenvalue weighted by atomic mass is 127. The maximum absolute atomic E-state index is 10.7. The molecule has 3 N–H and O–H groups in total. The smallest absolute Gasteiger partial charge is 0.191 e. The van der Waals surface area contributed by atoms with Crippen molar-refractivity contribution in [1.82, 2.24) is 15.5 Å². The highest BCUT2D eigenvalue weighted by molar-refractivity contribution is 14.0. The molecule has 0 aromatic heterocycles. The van der Waals surface area contributed by atoms with Crippen molar-refractivity contribution < 1.29 is 14.6 Å². The monoisotopic (exact) mass is 554 g/mol. The summed E-state index contributed by atoms with van der Waals surface area (Å²) in [7, 11) is 0. The fourth-order valence-electron chi connectivity index (χ4n) is 3.08. The molecule has 30 heavy (non-hydrogen) atoms. The number of morpholine rings is 1. The molecule has 9 heteroatoms. The SMILES string of the molecule is CCNC(=NCC(C)(O)CN1CCOCC1)NCC(CC)Oc1ccccc1Cl.I. The van der Waals surface area contributed by atoms with Crippen molar-refractivity contribution in [3.8, 4) is 5.75 Å². The molecule has 1 saturated heterocycles. The Labute approximate surface area is 202 Å². The van der Waals surface area contributed by atoms with E-state index in [1.807, 2.05) is 38.1 Å². The average molecular weight is 555 g/mol. The summed E-state index contributed by atoms with van der Waals surface area (Å²) in [6, 6.07) is 7.48. The van der Waals surface area contributed by atoms with Crippen LogP contribution in [0.5, 0.6) is 5.75 Å². The molecule has 2 rings (SSSR count). The summed E-state index contributed by atoms with van der Waals surface area (Å²) < 4.78 is 11.4. The molecule has 2 unspecified atom stereocenters. The number of halogens is 2. The molecule has 0 amide bonds. The number of ether oxygens (including phenoxy) is 2. The maximum Gasteiger partial charge on any atom is 0.191 e. The lowest BCUT2D eigenvalue weighted by atomic mass is 10.1. The lowest BCUT2D eigenvalue weighted by molar-refractivity contribution is -0.0180. The summed E-state index contributed by atoms with van der Waals surface area (Å²) in [6.45, 7) is 11.2. The Hall–Kier alpha value is -0.810. The second kappa shape index (κ2) is 14.3. The van der Waals surface area contributed by atoms with Crippen LogP contribution in [0.2, 0.25) is 5.02 Å². The lowest BCUT2D eigenvalue weighted by Crippen LogP contribution is -2.48. The van der Waals surface area contributed by atoms with E-state index in [2.05, 4.69) is 27.4 Å². The molecule has 1 aliphatic heterocycles. The van der Waals surface area contributed by atoms with Crippen molar-refractivity contribution >= 4 is 41.5 Å². The van der Waals surface area contributed by atoms with Crippen LogP contribution < -0.4 is 15.4 Å². The van der Waals surface area contributed by atoms with E-state index >= 15 is 0 Å². The van der Waals surface area contributed by atoms with E-state index in [4.69, 9.17) is 21.1 Å². The molecule has 7 nitrogen and oxygen atoms in total. The van der Waals surface area contributed by atoms with Crippen LogP contribution >= 0.6 is 35.6 Å². The summed E-state index contributed by atoms with van der Waals surface area (Å²) in [4.78, 5) is 6.80. The molecule has 0 radical (unpaired) electrons. The van der Waals surface area contributed by atoms with Gasteiger partial charge >= 0.3 is 0 Å². The molecular formula is C21H36ClIN4O3. The number of nitrogens with one attached hydrogen (secondary N) is 2. The quantitative estimate of drug-likeness (QED) is 0.235. The van der Waals surface area contributed by atoms with Crippen LogP contribution in [0, 0.1) is 0 Å². The molecule has 1 aromatic rings. The molecule has 0 spiro atoms. The third-order valence-electron chi connectivity index (χ3n) is 4.67. The second-order valence-corrected chi connectivity index (χ2v) is 7.95. The Morgan fingerprint density at radius 3 is 2.63 bits per heavy atom. The minimum absolute atomic E-state index is 0. The molecule has 0 bridgehead atoms. The number of para-hydroxylation sites is 1. The molecule has 172 valence electrons. The standard InChI is InChI=1S/C21H35ClN4O3.HI/c1-4-17(29-19-9-7-6-8-18(19)22)14-24-20(23-5-2)25-15-21(3,27)16-26-10-12-28-13-11-26;/h6-9,17,27H,4-5,10-16H2,1-3H3,(H2,23,24,25);1H. The van der Waals surface area contributed by atoms with Gasteiger partial charge in [0.2, 0.25) is 0 Å². The first-order valence-electron chi connectivity index (χ1n) is 10.4. The van der Waals surface area contributed by atoms with E-state index in [0.29, 0.717) is 49.6 Å². The summed E-state index contributed by atoms with van der Waals surface area (Å²) in [6.07, 6.45) is 0.777. The molecule has 0 aliphatic carbocycles. The van der Waals surface area contributed by atoms with Crippen molar-refractivity contribution in [3.05, 3.63) is 29.3 Å². The van der Waals surface area contributed by atoms with Crippen molar-refractivity contribution in [2.75, 3.05) is 52.5 Å². The minimum Gasteiger partial charge on any atom is -0.487 e. The molecule has 1 aromatic carbocycles. The van der Waals surface area contributed by atoms with Gasteiger partial charge in [-0.2, -0.15) is 0 Å². The van der Waals surface area contributed by atoms with Gasteiger partial charge in [0.25, 0.3) is 0 Å². The molecule has 1 heterocycles. The van der Waals surface area contributed by atoms with Crippen LogP contribution in [0.15, 0.2) is 29.3 Å². The summed E-state index contributed by atoms with van der Waals surface area (Å²) >= 11 is 6.20. The van der Waals surface area contributed by atoms with Gasteiger partial charge in [-0.3, -0.25) is 9.89 Å². The first-order chi connectivity index (χ1) is 13.9. The van der Waals surface area contributed by atoms with Gasteiger partial charge in [-0.1, -0.05) is 30.7 Å². The van der Waals surface area contributed by atoms with E-state index in [1.54, 1.807) is 0 Å². The van der Waals surface area contributed by atoms with Crippen molar-refractivity contribution in [3.63, 3.8) is 0 Å². The van der Waals surface area contributed by atoms with E-state index in [1.165, 1.54) is 0 Å². The Kier molecular flexibility index (Phi) is 13.0. The third kappa shape index (κ3) is 10.00. The topological polar surface area (TPSA) is 78.4 Å². The van der Waals surface area contributed by atoms with E-state index in [-0.39, 0.29) is 30.1 Å². The first-order valence-corrected chi connectivity index (χ1v) is 10.8. The highest BCUT2D eigenvalue weighted by Crippen LogP contribution is 2.24. The summed E-state index contributed by atoms with van der Waals surface area (Å²) in [5.41, 5.74) is -0.905. The van der Waals surface area contributed by atoms with E-state index in [0.717, 1.165) is 26.1 Å². The molecular weight excluding hydrogens is 519 g/mol. The fraction of sp³-hybridized carbons (Fsp3) is 0.667. The van der Waals surface area contributed by atoms with Crippen molar-refractivity contribution in [2.45, 2.75) is 38.9 Å². The lowest BCUT2D eigenvalue weighted by Gasteiger charge is -2.33. The van der Waals surface area contributed by atoms with Gasteiger partial charge in [0.1, 0.15) is 11.9 Å². The Morgan fingerprint density at radius 1 is 1.30 bits per heavy atom. The number of aliphatic hydroxyl groups is 1. The molecule has 2 atom stereocenters. The van der Waals surface area contributed by atoms with Gasteiger partial charge in [-0.25, -0.2) is 0 Å². The van der Waals surface area contributed by atoms with E-state index in [9.17, 15) is 5.11 Å². The fourth-order valence-corrected chi connectivity index (χ4v) is 3.26. The van der Waals surface area contributed by atoms with Crippen LogP contribution in [-0.2, 0) is 4.74 Å². The zero-order chi connectivity index (χ0) is 21.1. The molecule has 1 fully saturated rings. The van der Waals surface area contributed by atoms with Gasteiger partial charge in [0.05, 0.1) is 36.9 Å². The maximum atomic E-state index is 10.7. The summed E-state index contributed by atoms with van der Waals surface area (Å²) in [5, 5.41) is 17.9. The Balaban J connectivity index is 0.00000450. The summed E-state index contributed by atoms with van der Waals surface area (Å²) in [5.74, 6) is 1.34. The largest absolute Gasteiger partial charge is 0.487 e. The van der Waals surface area contributed by atoms with Crippen LogP contribution in [0.1, 0.15) is 27.2 Å². The van der Waals surface area contributed by atoms with Crippen LogP contribution in [0.3, 0.4) is 0 Å². The highest BCUT2D eigenvalue weighted by Gasteiger charge is 2.25. The van der Waals surface area contributed by atoms with E-state index < -0.39 is 5.60 Å². The second-order valence-electron chi connectivity index (χ2n) is 7.54. The van der Waals surface area contributed by atoms with Crippen LogP contribution in [-0.4, -0.2) is 80.2 Å². The number of nitrogens with zero attached hydrogens (tertiary/aromatic N) is 2. The first kappa shape index (κ1) is 27.2. The van der Waals surface area contributed by atoms with Crippen molar-refractivity contribution in [1.29, 1.82) is 0 Å². The third-order valence-corrected chi connectivity index (χ3v) is 4.99. The minimum atomic E-state index is -0.905. The number of hydrogen-bond acceptors (Lipinski definition) is 5. The van der Waals surface area contributed by atoms with Gasteiger partial charge < -0.3 is 25.2 Å². The number of β-amino-alcohol motifs (C(OH)–C–C–N with tert-alkyl or cyclic N) is 1. The van der Waals surface area contributed by atoms with Gasteiger partial charge in [-0.15, -0.1) is 24.0 Å². The number of guanidine groups is 1. The van der Waals surface area contributed by atoms with Crippen molar-refractivity contribution in [2.24, 2.45) is 4.99 Å². The van der Waals surface area contributed by atoms with Gasteiger partial charge in [-0.05, 0) is 32.4 Å². The Bertz CT molecular complexity index is 642. The molecule has 0 saturated carbocycles. The zero-order valence-electron chi connectivity index (χ0n) is 18.2. The van der Waals surface area contributed by atoms with Gasteiger partial charge in [0, 0.05) is 26.2 Å². The molecule has 1 aliphatic rings. The van der Waals surface area contributed by atoms with Gasteiger partial charge in [0.15, 0.2) is 5.96 Å². The predicted molar refractivity (Wildman–Crippen MR) is 133 cm³/mol. The van der Waals surface area contributed by atoms with Crippen LogP contribution in [0.4, 0.5) is 0 Å². The number of rotatable bonds is 10.